The van der Waals surface area contributed by atoms with Gasteiger partial charge in [0.05, 0.1) is 35.6 Å². The van der Waals surface area contributed by atoms with E-state index in [9.17, 15) is 9.59 Å². The molecule has 36 heavy (non-hydrogen) atoms. The molecule has 5 aromatic rings. The molecule has 0 saturated heterocycles. The highest BCUT2D eigenvalue weighted by Gasteiger charge is 2.27. The standard InChI is InChI=1S/C25H22N6O5/c1-25(2,3)36-24(33)31-16-8-5-7-15(18(16)20(30-31)23(32)34-4)29-19-14-9-12-26-13-17(14)35-21(19)22-27-10-6-11-28-22/h5-13,29H,1-4H3. The van der Waals surface area contributed by atoms with Gasteiger partial charge in [0, 0.05) is 24.0 Å². The van der Waals surface area contributed by atoms with Gasteiger partial charge in [-0.25, -0.2) is 19.6 Å². The molecule has 1 aromatic carbocycles. The van der Waals surface area contributed by atoms with Gasteiger partial charge in [-0.05, 0) is 45.0 Å². The van der Waals surface area contributed by atoms with Gasteiger partial charge in [-0.3, -0.25) is 4.98 Å². The van der Waals surface area contributed by atoms with Crippen LogP contribution in [-0.4, -0.2) is 49.5 Å². The minimum absolute atomic E-state index is 0.0477. The molecule has 5 rings (SSSR count). The van der Waals surface area contributed by atoms with E-state index in [0.717, 1.165) is 10.1 Å². The summed E-state index contributed by atoms with van der Waals surface area (Å²) in [6.45, 7) is 5.24. The molecule has 0 atom stereocenters. The van der Waals surface area contributed by atoms with Gasteiger partial charge in [0.15, 0.2) is 22.9 Å². The second kappa shape index (κ2) is 8.77. The lowest BCUT2D eigenvalue weighted by atomic mass is 10.1. The van der Waals surface area contributed by atoms with Crippen LogP contribution in [0.25, 0.3) is 33.5 Å². The number of rotatable bonds is 4. The molecule has 11 heteroatoms. The summed E-state index contributed by atoms with van der Waals surface area (Å²) in [6.07, 6.45) is 5.72. The fourth-order valence-corrected chi connectivity index (χ4v) is 3.74. The Hall–Kier alpha value is -4.80. The van der Waals surface area contributed by atoms with Crippen LogP contribution in [0.5, 0.6) is 0 Å². The van der Waals surface area contributed by atoms with Gasteiger partial charge in [-0.2, -0.15) is 9.78 Å². The molecular formula is C25H22N6O5. The van der Waals surface area contributed by atoms with Gasteiger partial charge in [0.2, 0.25) is 0 Å². The molecule has 4 heterocycles. The highest BCUT2D eigenvalue weighted by atomic mass is 16.6. The van der Waals surface area contributed by atoms with E-state index < -0.39 is 17.7 Å². The SMILES string of the molecule is COC(=O)c1nn(C(=O)OC(C)(C)C)c2cccc(Nc3c(-c4ncccn4)oc4cnccc34)c12. The number of ether oxygens (including phenoxy) is 2. The number of hydrogen-bond acceptors (Lipinski definition) is 10. The highest BCUT2D eigenvalue weighted by molar-refractivity contribution is 6.11. The second-order valence-corrected chi connectivity index (χ2v) is 8.81. The number of pyridine rings is 1. The number of fused-ring (bicyclic) bond motifs is 2. The van der Waals surface area contributed by atoms with Crippen molar-refractivity contribution in [1.29, 1.82) is 0 Å². The molecule has 0 fully saturated rings. The fourth-order valence-electron chi connectivity index (χ4n) is 3.74. The van der Waals surface area contributed by atoms with Crippen molar-refractivity contribution in [3.05, 3.63) is 60.8 Å². The van der Waals surface area contributed by atoms with Crippen molar-refractivity contribution >= 4 is 45.3 Å². The normalized spacial score (nSPS) is 11.6. The predicted octanol–water partition coefficient (Wildman–Crippen LogP) is 4.95. The number of furan rings is 1. The van der Waals surface area contributed by atoms with Crippen molar-refractivity contribution in [2.75, 3.05) is 12.4 Å². The number of benzene rings is 1. The first-order valence-corrected chi connectivity index (χ1v) is 11.0. The Labute approximate surface area is 205 Å². The van der Waals surface area contributed by atoms with Gasteiger partial charge in [-0.1, -0.05) is 6.07 Å². The summed E-state index contributed by atoms with van der Waals surface area (Å²) in [5.74, 6) is 0.0419. The van der Waals surface area contributed by atoms with Crippen molar-refractivity contribution in [1.82, 2.24) is 24.7 Å². The van der Waals surface area contributed by atoms with E-state index in [1.165, 1.54) is 7.11 Å². The summed E-state index contributed by atoms with van der Waals surface area (Å²) < 4.78 is 17.5. The maximum atomic E-state index is 12.9. The summed E-state index contributed by atoms with van der Waals surface area (Å²) in [4.78, 5) is 38.3. The van der Waals surface area contributed by atoms with Gasteiger partial charge in [-0.15, -0.1) is 0 Å². The number of methoxy groups -OCH3 is 1. The Morgan fingerprint density at radius 2 is 1.83 bits per heavy atom. The molecule has 4 aromatic heterocycles. The summed E-state index contributed by atoms with van der Waals surface area (Å²) >= 11 is 0. The van der Waals surface area contributed by atoms with Crippen molar-refractivity contribution in [3.63, 3.8) is 0 Å². The molecule has 0 aliphatic carbocycles. The van der Waals surface area contributed by atoms with E-state index in [0.29, 0.717) is 39.4 Å². The number of nitrogens with zero attached hydrogens (tertiary/aromatic N) is 5. The topological polar surface area (TPSA) is 134 Å². The third kappa shape index (κ3) is 4.11. The Kier molecular flexibility index (Phi) is 5.59. The number of esters is 1. The van der Waals surface area contributed by atoms with Crippen LogP contribution < -0.4 is 5.32 Å². The number of nitrogens with one attached hydrogen (secondary N) is 1. The Morgan fingerprint density at radius 3 is 2.56 bits per heavy atom. The van der Waals surface area contributed by atoms with Crippen LogP contribution in [0, 0.1) is 0 Å². The fraction of sp³-hybridized carbons (Fsp3) is 0.200. The summed E-state index contributed by atoms with van der Waals surface area (Å²) in [7, 11) is 1.25. The zero-order chi connectivity index (χ0) is 25.4. The van der Waals surface area contributed by atoms with E-state index in [-0.39, 0.29) is 5.69 Å². The molecule has 0 bridgehead atoms. The first-order valence-electron chi connectivity index (χ1n) is 11.0. The molecule has 11 nitrogen and oxygen atoms in total. The lowest BCUT2D eigenvalue weighted by Gasteiger charge is -2.19. The molecule has 0 spiro atoms. The lowest BCUT2D eigenvalue weighted by molar-refractivity contribution is 0.0519. The van der Waals surface area contributed by atoms with Crippen LogP contribution in [0.2, 0.25) is 0 Å². The number of carbonyl (C=O) groups is 2. The molecule has 0 unspecified atom stereocenters. The maximum absolute atomic E-state index is 12.9. The van der Waals surface area contributed by atoms with Crippen molar-refractivity contribution < 1.29 is 23.5 Å². The largest absolute Gasteiger partial charge is 0.464 e. The molecule has 1 N–H and O–H groups in total. The van der Waals surface area contributed by atoms with E-state index >= 15 is 0 Å². The number of aromatic nitrogens is 5. The van der Waals surface area contributed by atoms with Crippen LogP contribution in [0.1, 0.15) is 31.3 Å². The molecule has 0 aliphatic rings. The third-order valence-corrected chi connectivity index (χ3v) is 5.17. The van der Waals surface area contributed by atoms with Crippen LogP contribution in [-0.2, 0) is 9.47 Å². The first-order chi connectivity index (χ1) is 17.3. The van der Waals surface area contributed by atoms with Crippen LogP contribution >= 0.6 is 0 Å². The van der Waals surface area contributed by atoms with Gasteiger partial charge in [0.25, 0.3) is 0 Å². The van der Waals surface area contributed by atoms with E-state index in [1.54, 1.807) is 75.9 Å². The molecule has 0 radical (unpaired) electrons. The highest BCUT2D eigenvalue weighted by Crippen LogP contribution is 2.40. The van der Waals surface area contributed by atoms with Gasteiger partial charge in [0.1, 0.15) is 5.60 Å². The van der Waals surface area contributed by atoms with Crippen LogP contribution in [0.15, 0.2) is 59.5 Å². The average Bonchev–Trinajstić information content (AvgIpc) is 3.43. The van der Waals surface area contributed by atoms with E-state index in [4.69, 9.17) is 13.9 Å². The number of anilines is 2. The minimum atomic E-state index is -0.759. The average molecular weight is 486 g/mol. The van der Waals surface area contributed by atoms with E-state index in [1.807, 2.05) is 0 Å². The summed E-state index contributed by atoms with van der Waals surface area (Å²) in [5, 5.41) is 8.69. The zero-order valence-electron chi connectivity index (χ0n) is 20.0. The molecule has 0 amide bonds. The Bertz CT molecular complexity index is 1600. The monoisotopic (exact) mass is 486 g/mol. The molecule has 0 aliphatic heterocycles. The summed E-state index contributed by atoms with van der Waals surface area (Å²) in [5.41, 5.74) is 1.12. The lowest BCUT2D eigenvalue weighted by Crippen LogP contribution is -2.27. The Morgan fingerprint density at radius 1 is 1.06 bits per heavy atom. The molecule has 182 valence electrons. The van der Waals surface area contributed by atoms with Crippen molar-refractivity contribution in [3.8, 4) is 11.6 Å². The number of hydrogen-bond donors (Lipinski definition) is 1. The number of carbonyl (C=O) groups excluding carboxylic acids is 2. The molecular weight excluding hydrogens is 464 g/mol. The summed E-state index contributed by atoms with van der Waals surface area (Å²) in [6, 6.07) is 8.65. The predicted molar refractivity (Wildman–Crippen MR) is 131 cm³/mol. The minimum Gasteiger partial charge on any atom is -0.464 e. The maximum Gasteiger partial charge on any atom is 0.435 e. The Balaban J connectivity index is 1.71. The van der Waals surface area contributed by atoms with Crippen molar-refractivity contribution in [2.24, 2.45) is 0 Å². The smallest absolute Gasteiger partial charge is 0.435 e. The third-order valence-electron chi connectivity index (χ3n) is 5.17. The quantitative estimate of drug-likeness (QED) is 0.348. The van der Waals surface area contributed by atoms with Gasteiger partial charge < -0.3 is 19.2 Å². The van der Waals surface area contributed by atoms with E-state index in [2.05, 4.69) is 25.4 Å². The van der Waals surface area contributed by atoms with Crippen molar-refractivity contribution in [2.45, 2.75) is 26.4 Å². The first kappa shape index (κ1) is 23.0. The van der Waals surface area contributed by atoms with Crippen LogP contribution in [0.4, 0.5) is 16.2 Å². The molecule has 0 saturated carbocycles. The zero-order valence-corrected chi connectivity index (χ0v) is 20.0. The van der Waals surface area contributed by atoms with Crippen LogP contribution in [0.3, 0.4) is 0 Å². The second-order valence-electron chi connectivity index (χ2n) is 8.81. The van der Waals surface area contributed by atoms with Gasteiger partial charge >= 0.3 is 12.1 Å².